The Hall–Kier alpha value is -3.74. The number of morpholine rings is 1. The summed E-state index contributed by atoms with van der Waals surface area (Å²) in [6.07, 6.45) is 6.41. The van der Waals surface area contributed by atoms with Crippen LogP contribution < -0.4 is 14.4 Å². The van der Waals surface area contributed by atoms with Crippen LogP contribution in [0.15, 0.2) is 61.1 Å². The van der Waals surface area contributed by atoms with E-state index in [1.165, 1.54) is 11.4 Å². The normalized spacial score (nSPS) is 14.5. The predicted molar refractivity (Wildman–Crippen MR) is 147 cm³/mol. The molecule has 38 heavy (non-hydrogen) atoms. The Balaban J connectivity index is 1.26. The number of hydrogen-bond donors (Lipinski definition) is 1. The van der Waals surface area contributed by atoms with E-state index in [9.17, 15) is 8.42 Å². The van der Waals surface area contributed by atoms with Crippen molar-refractivity contribution >= 4 is 38.5 Å². The topological polar surface area (TPSA) is 115 Å². The van der Waals surface area contributed by atoms with Crippen LogP contribution in [0, 0.1) is 0 Å². The molecule has 0 radical (unpaired) electrons. The Morgan fingerprint density at radius 2 is 1.89 bits per heavy atom. The van der Waals surface area contributed by atoms with Crippen LogP contribution in [0.1, 0.15) is 5.56 Å². The van der Waals surface area contributed by atoms with E-state index >= 15 is 0 Å². The molecule has 1 aromatic carbocycles. The number of aromatic nitrogens is 4. The molecule has 5 rings (SSSR count). The third kappa shape index (κ3) is 6.21. The summed E-state index contributed by atoms with van der Waals surface area (Å²) in [6.45, 7) is 5.36. The van der Waals surface area contributed by atoms with Gasteiger partial charge in [-0.2, -0.15) is 4.98 Å². The molecule has 1 aliphatic heterocycles. The molecule has 200 valence electrons. The lowest BCUT2D eigenvalue weighted by Gasteiger charge is -2.26. The molecule has 1 saturated heterocycles. The van der Waals surface area contributed by atoms with Gasteiger partial charge in [-0.05, 0) is 36.4 Å². The number of ether oxygens (including phenoxy) is 2. The quantitative estimate of drug-likeness (QED) is 0.326. The van der Waals surface area contributed by atoms with Crippen molar-refractivity contribution in [1.29, 1.82) is 0 Å². The minimum absolute atomic E-state index is 0.386. The third-order valence-corrected chi connectivity index (χ3v) is 7.56. The minimum Gasteiger partial charge on any atom is -0.492 e. The van der Waals surface area contributed by atoms with E-state index in [1.54, 1.807) is 18.5 Å². The molecule has 12 heteroatoms. The Labute approximate surface area is 222 Å². The summed E-state index contributed by atoms with van der Waals surface area (Å²) < 4.78 is 38.6. The van der Waals surface area contributed by atoms with Crippen molar-refractivity contribution in [1.82, 2.24) is 24.4 Å². The van der Waals surface area contributed by atoms with Crippen molar-refractivity contribution in [2.45, 2.75) is 6.54 Å². The Kier molecular flexibility index (Phi) is 7.72. The number of pyridine rings is 1. The second-order valence-electron chi connectivity index (χ2n) is 9.08. The summed E-state index contributed by atoms with van der Waals surface area (Å²) in [5, 5.41) is 4.12. The Morgan fingerprint density at radius 1 is 1.11 bits per heavy atom. The molecule has 1 aliphatic rings. The first-order valence-corrected chi connectivity index (χ1v) is 14.2. The summed E-state index contributed by atoms with van der Waals surface area (Å²) in [4.78, 5) is 15.8. The summed E-state index contributed by atoms with van der Waals surface area (Å²) in [6, 6.07) is 13.3. The molecule has 0 saturated carbocycles. The van der Waals surface area contributed by atoms with Gasteiger partial charge in [0.15, 0.2) is 0 Å². The Morgan fingerprint density at radius 3 is 2.66 bits per heavy atom. The lowest BCUT2D eigenvalue weighted by atomic mass is 10.2. The summed E-state index contributed by atoms with van der Waals surface area (Å²) in [7, 11) is -1.94. The molecule has 0 aliphatic carbocycles. The van der Waals surface area contributed by atoms with Crippen molar-refractivity contribution in [2.75, 3.05) is 62.4 Å². The number of fused-ring (bicyclic) bond motifs is 1. The molecule has 11 nitrogen and oxygen atoms in total. The molecule has 0 spiro atoms. The van der Waals surface area contributed by atoms with Crippen LogP contribution in [0.2, 0.25) is 0 Å². The maximum absolute atomic E-state index is 12.1. The zero-order valence-electron chi connectivity index (χ0n) is 21.4. The maximum atomic E-state index is 12.1. The SMILES string of the molecule is CN(c1ncccc1Cn1ccc2cnc(Nc3ccc(OCCN4CCOCC4)cc3)nc21)S(C)(=O)=O. The lowest BCUT2D eigenvalue weighted by Crippen LogP contribution is -2.38. The van der Waals surface area contributed by atoms with Crippen molar-refractivity contribution in [2.24, 2.45) is 0 Å². The van der Waals surface area contributed by atoms with Gasteiger partial charge in [-0.3, -0.25) is 9.21 Å². The predicted octanol–water partition coefficient (Wildman–Crippen LogP) is 2.73. The molecule has 1 fully saturated rings. The van der Waals surface area contributed by atoms with E-state index in [4.69, 9.17) is 14.5 Å². The summed E-state index contributed by atoms with van der Waals surface area (Å²) in [5.74, 6) is 1.65. The number of rotatable bonds is 10. The second-order valence-corrected chi connectivity index (χ2v) is 11.1. The standard InChI is InChI=1S/C26H31N7O4S/c1-31(38(2,34)35)24-21(4-3-10-27-24)19-33-11-9-20-18-28-26(30-25(20)33)29-22-5-7-23(8-6-22)37-17-14-32-12-15-36-16-13-32/h3-11,18H,12-17,19H2,1-2H3,(H,28,29,30). The molecular formula is C26H31N7O4S. The number of benzene rings is 1. The first kappa shape index (κ1) is 25.9. The van der Waals surface area contributed by atoms with Crippen LogP contribution in [-0.2, 0) is 21.3 Å². The van der Waals surface area contributed by atoms with Crippen molar-refractivity contribution in [3.63, 3.8) is 0 Å². The number of hydrogen-bond acceptors (Lipinski definition) is 9. The highest BCUT2D eigenvalue weighted by Crippen LogP contribution is 2.23. The number of sulfonamides is 1. The fourth-order valence-electron chi connectivity index (χ4n) is 4.22. The van der Waals surface area contributed by atoms with E-state index in [0.717, 1.165) is 67.1 Å². The largest absolute Gasteiger partial charge is 0.492 e. The van der Waals surface area contributed by atoms with Crippen LogP contribution in [0.3, 0.4) is 0 Å². The maximum Gasteiger partial charge on any atom is 0.233 e. The van der Waals surface area contributed by atoms with Crippen LogP contribution in [0.25, 0.3) is 11.0 Å². The van der Waals surface area contributed by atoms with E-state index in [2.05, 4.69) is 20.2 Å². The van der Waals surface area contributed by atoms with E-state index in [-0.39, 0.29) is 0 Å². The van der Waals surface area contributed by atoms with Gasteiger partial charge >= 0.3 is 0 Å². The van der Waals surface area contributed by atoms with Gasteiger partial charge in [0, 0.05) is 61.9 Å². The molecule has 0 amide bonds. The first-order valence-electron chi connectivity index (χ1n) is 12.4. The van der Waals surface area contributed by atoms with Gasteiger partial charge in [0.1, 0.15) is 23.8 Å². The average Bonchev–Trinajstić information content (AvgIpc) is 3.31. The lowest BCUT2D eigenvalue weighted by molar-refractivity contribution is 0.0322. The molecule has 4 aromatic rings. The molecule has 4 heterocycles. The number of anilines is 3. The van der Waals surface area contributed by atoms with E-state index < -0.39 is 10.0 Å². The summed E-state index contributed by atoms with van der Waals surface area (Å²) >= 11 is 0. The van der Waals surface area contributed by atoms with Gasteiger partial charge in [-0.1, -0.05) is 6.07 Å². The Bertz CT molecular complexity index is 1490. The van der Waals surface area contributed by atoms with E-state index in [0.29, 0.717) is 24.9 Å². The van der Waals surface area contributed by atoms with Crippen LogP contribution in [0.5, 0.6) is 5.75 Å². The molecule has 0 bridgehead atoms. The molecular weight excluding hydrogens is 506 g/mol. The van der Waals surface area contributed by atoms with Crippen molar-refractivity contribution in [3.8, 4) is 5.75 Å². The van der Waals surface area contributed by atoms with Gasteiger partial charge in [-0.25, -0.2) is 18.4 Å². The van der Waals surface area contributed by atoms with Gasteiger partial charge in [-0.15, -0.1) is 0 Å². The van der Waals surface area contributed by atoms with Crippen LogP contribution in [0.4, 0.5) is 17.5 Å². The van der Waals surface area contributed by atoms with Crippen LogP contribution in [-0.4, -0.2) is 85.6 Å². The summed E-state index contributed by atoms with van der Waals surface area (Å²) in [5.41, 5.74) is 2.32. The first-order chi connectivity index (χ1) is 18.4. The minimum atomic E-state index is -3.44. The van der Waals surface area contributed by atoms with Gasteiger partial charge in [0.25, 0.3) is 0 Å². The van der Waals surface area contributed by atoms with E-state index in [1.807, 2.05) is 47.2 Å². The van der Waals surface area contributed by atoms with Gasteiger partial charge in [0.2, 0.25) is 16.0 Å². The molecule has 3 aromatic heterocycles. The van der Waals surface area contributed by atoms with Gasteiger partial charge in [0.05, 0.1) is 26.0 Å². The highest BCUT2D eigenvalue weighted by molar-refractivity contribution is 7.92. The fourth-order valence-corrected chi connectivity index (χ4v) is 4.70. The number of nitrogens with zero attached hydrogens (tertiary/aromatic N) is 6. The van der Waals surface area contributed by atoms with Crippen molar-refractivity contribution in [3.05, 3.63) is 66.6 Å². The zero-order chi connectivity index (χ0) is 26.5. The van der Waals surface area contributed by atoms with Gasteiger partial charge < -0.3 is 19.4 Å². The smallest absolute Gasteiger partial charge is 0.233 e. The highest BCUT2D eigenvalue weighted by Gasteiger charge is 2.18. The van der Waals surface area contributed by atoms with Crippen LogP contribution >= 0.6 is 0 Å². The average molecular weight is 538 g/mol. The highest BCUT2D eigenvalue weighted by atomic mass is 32.2. The van der Waals surface area contributed by atoms with Crippen molar-refractivity contribution < 1.29 is 17.9 Å². The second kappa shape index (κ2) is 11.3. The molecule has 1 N–H and O–H groups in total. The molecule has 0 atom stereocenters. The third-order valence-electron chi connectivity index (χ3n) is 6.40. The molecule has 0 unspecified atom stereocenters. The monoisotopic (exact) mass is 537 g/mol. The zero-order valence-corrected chi connectivity index (χ0v) is 22.3. The fraction of sp³-hybridized carbons (Fsp3) is 0.346. The number of nitrogens with one attached hydrogen (secondary N) is 1.